The van der Waals surface area contributed by atoms with Crippen LogP contribution in [-0.4, -0.2) is 21.4 Å². The second-order valence-electron chi connectivity index (χ2n) is 4.37. The van der Waals surface area contributed by atoms with Crippen LogP contribution < -0.4 is 5.32 Å². The summed E-state index contributed by atoms with van der Waals surface area (Å²) in [4.78, 5) is 0. The third-order valence-corrected chi connectivity index (χ3v) is 3.19. The van der Waals surface area contributed by atoms with Gasteiger partial charge in [-0.05, 0) is 18.1 Å². The summed E-state index contributed by atoms with van der Waals surface area (Å²) in [6.45, 7) is 0.946. The molecule has 0 fully saturated rings. The molecule has 1 unspecified atom stereocenters. The molecule has 0 aliphatic carbocycles. The first-order valence-electron chi connectivity index (χ1n) is 5.79. The van der Waals surface area contributed by atoms with Gasteiger partial charge in [0, 0.05) is 31.0 Å². The van der Waals surface area contributed by atoms with E-state index in [4.69, 9.17) is 0 Å². The maximum atomic E-state index is 10.4. The number of hydrogen-bond acceptors (Lipinski definition) is 3. The average Bonchev–Trinajstić information content (AvgIpc) is 2.95. The lowest BCUT2D eigenvalue weighted by Gasteiger charge is -2.13. The molecule has 1 aliphatic heterocycles. The molecule has 2 heterocycles. The van der Waals surface area contributed by atoms with Crippen LogP contribution in [0.15, 0.2) is 30.5 Å². The number of hydrogen-bond donors (Lipinski definition) is 2. The Morgan fingerprint density at radius 1 is 1.41 bits per heavy atom. The van der Waals surface area contributed by atoms with Crippen molar-refractivity contribution >= 4 is 5.69 Å². The summed E-state index contributed by atoms with van der Waals surface area (Å²) in [6, 6.07) is 7.90. The van der Waals surface area contributed by atoms with Crippen molar-refractivity contribution in [3.63, 3.8) is 0 Å². The van der Waals surface area contributed by atoms with Crippen molar-refractivity contribution in [3.05, 3.63) is 47.3 Å². The van der Waals surface area contributed by atoms with Gasteiger partial charge in [0.15, 0.2) is 0 Å². The van der Waals surface area contributed by atoms with Gasteiger partial charge in [0.2, 0.25) is 0 Å². The van der Waals surface area contributed by atoms with E-state index < -0.39 is 6.10 Å². The van der Waals surface area contributed by atoms with Crippen LogP contribution in [-0.2, 0) is 13.5 Å². The topological polar surface area (TPSA) is 50.1 Å². The van der Waals surface area contributed by atoms with Gasteiger partial charge in [-0.2, -0.15) is 5.10 Å². The fraction of sp³-hybridized carbons (Fsp3) is 0.308. The summed E-state index contributed by atoms with van der Waals surface area (Å²) in [5.74, 6) is 0. The molecular weight excluding hydrogens is 214 g/mol. The van der Waals surface area contributed by atoms with Crippen LogP contribution in [0.5, 0.6) is 0 Å². The van der Waals surface area contributed by atoms with Gasteiger partial charge in [-0.25, -0.2) is 0 Å². The predicted octanol–water partition coefficient (Wildman–Crippen LogP) is 1.47. The normalized spacial score (nSPS) is 15.4. The molecule has 3 rings (SSSR count). The molecule has 1 aliphatic rings. The first-order valence-corrected chi connectivity index (χ1v) is 5.79. The van der Waals surface area contributed by atoms with Gasteiger partial charge in [0.1, 0.15) is 6.10 Å². The molecule has 2 aromatic rings. The molecule has 0 bridgehead atoms. The van der Waals surface area contributed by atoms with Crippen LogP contribution in [0.3, 0.4) is 0 Å². The van der Waals surface area contributed by atoms with Gasteiger partial charge in [0.25, 0.3) is 0 Å². The predicted molar refractivity (Wildman–Crippen MR) is 65.9 cm³/mol. The minimum Gasteiger partial charge on any atom is -0.384 e. The number of aliphatic hydroxyl groups excluding tert-OH is 1. The number of para-hydroxylation sites is 1. The van der Waals surface area contributed by atoms with Crippen molar-refractivity contribution in [2.24, 2.45) is 7.05 Å². The van der Waals surface area contributed by atoms with Crippen LogP contribution in [0.2, 0.25) is 0 Å². The third-order valence-electron chi connectivity index (χ3n) is 3.19. The lowest BCUT2D eigenvalue weighted by molar-refractivity contribution is 0.215. The number of anilines is 1. The third kappa shape index (κ3) is 1.70. The summed E-state index contributed by atoms with van der Waals surface area (Å²) in [5.41, 5.74) is 3.96. The minimum absolute atomic E-state index is 0.656. The molecule has 0 saturated carbocycles. The molecule has 0 amide bonds. The largest absolute Gasteiger partial charge is 0.384 e. The van der Waals surface area contributed by atoms with Crippen LogP contribution in [0.4, 0.5) is 5.69 Å². The van der Waals surface area contributed by atoms with Gasteiger partial charge in [-0.15, -0.1) is 0 Å². The summed E-state index contributed by atoms with van der Waals surface area (Å²) >= 11 is 0. The number of benzene rings is 1. The van der Waals surface area contributed by atoms with Crippen LogP contribution in [0.25, 0.3) is 0 Å². The first kappa shape index (κ1) is 10.4. The lowest BCUT2D eigenvalue weighted by Crippen LogP contribution is -2.05. The summed E-state index contributed by atoms with van der Waals surface area (Å²) < 4.78 is 1.70. The zero-order chi connectivity index (χ0) is 11.8. The summed E-state index contributed by atoms with van der Waals surface area (Å²) in [5, 5.41) is 17.9. The Bertz CT molecular complexity index is 547. The molecule has 4 nitrogen and oxygen atoms in total. The van der Waals surface area contributed by atoms with Crippen molar-refractivity contribution in [1.82, 2.24) is 9.78 Å². The van der Waals surface area contributed by atoms with Gasteiger partial charge >= 0.3 is 0 Å². The standard InChI is InChI=1S/C13H15N3O/c1-16-8-6-11(15-16)13(17)10-4-2-3-9-5-7-14-12(9)10/h2-4,6,8,13-14,17H,5,7H2,1H3. The number of nitrogens with one attached hydrogen (secondary N) is 1. The second kappa shape index (κ2) is 3.89. The molecule has 0 saturated heterocycles. The first-order chi connectivity index (χ1) is 8.25. The van der Waals surface area contributed by atoms with Gasteiger partial charge in [-0.3, -0.25) is 4.68 Å². The lowest BCUT2D eigenvalue weighted by atomic mass is 10.0. The maximum Gasteiger partial charge on any atom is 0.125 e. The Balaban J connectivity index is 2.02. The SMILES string of the molecule is Cn1ccc(C(O)c2cccc3c2NCC3)n1. The Hall–Kier alpha value is -1.81. The number of aryl methyl sites for hydroxylation is 1. The fourth-order valence-corrected chi connectivity index (χ4v) is 2.33. The quantitative estimate of drug-likeness (QED) is 0.820. The highest BCUT2D eigenvalue weighted by molar-refractivity contribution is 5.62. The van der Waals surface area contributed by atoms with Crippen molar-refractivity contribution in [1.29, 1.82) is 0 Å². The monoisotopic (exact) mass is 229 g/mol. The van der Waals surface area contributed by atoms with Crippen molar-refractivity contribution in [2.45, 2.75) is 12.5 Å². The highest BCUT2D eigenvalue weighted by Gasteiger charge is 2.21. The molecule has 0 radical (unpaired) electrons. The van der Waals surface area contributed by atoms with Crippen molar-refractivity contribution in [2.75, 3.05) is 11.9 Å². The minimum atomic E-state index is -0.656. The van der Waals surface area contributed by atoms with Gasteiger partial charge in [0.05, 0.1) is 5.69 Å². The molecule has 2 N–H and O–H groups in total. The van der Waals surface area contributed by atoms with E-state index in [1.165, 1.54) is 5.56 Å². The number of aromatic nitrogens is 2. The molecule has 1 atom stereocenters. The summed E-state index contributed by atoms with van der Waals surface area (Å²) in [6.07, 6.45) is 2.21. The number of fused-ring (bicyclic) bond motifs is 1. The molecule has 4 heteroatoms. The van der Waals surface area contributed by atoms with E-state index in [9.17, 15) is 5.11 Å². The maximum absolute atomic E-state index is 10.4. The Labute approximate surface area is 99.9 Å². The number of nitrogens with zero attached hydrogens (tertiary/aromatic N) is 2. The second-order valence-corrected chi connectivity index (χ2v) is 4.37. The number of rotatable bonds is 2. The molecule has 88 valence electrons. The zero-order valence-electron chi connectivity index (χ0n) is 9.72. The van der Waals surface area contributed by atoms with E-state index in [0.717, 1.165) is 24.2 Å². The smallest absolute Gasteiger partial charge is 0.125 e. The van der Waals surface area contributed by atoms with E-state index in [1.54, 1.807) is 4.68 Å². The molecule has 0 spiro atoms. The van der Waals surface area contributed by atoms with E-state index in [-0.39, 0.29) is 0 Å². The van der Waals surface area contributed by atoms with Gasteiger partial charge < -0.3 is 10.4 Å². The van der Waals surface area contributed by atoms with E-state index in [1.807, 2.05) is 31.4 Å². The fourth-order valence-electron chi connectivity index (χ4n) is 2.33. The van der Waals surface area contributed by atoms with Crippen LogP contribution in [0, 0.1) is 0 Å². The highest BCUT2D eigenvalue weighted by atomic mass is 16.3. The Morgan fingerprint density at radius 2 is 2.29 bits per heavy atom. The molecular formula is C13H15N3O. The van der Waals surface area contributed by atoms with Gasteiger partial charge in [-0.1, -0.05) is 18.2 Å². The van der Waals surface area contributed by atoms with E-state index in [0.29, 0.717) is 5.69 Å². The summed E-state index contributed by atoms with van der Waals surface area (Å²) in [7, 11) is 1.85. The average molecular weight is 229 g/mol. The zero-order valence-corrected chi connectivity index (χ0v) is 9.72. The van der Waals surface area contributed by atoms with Crippen LogP contribution >= 0.6 is 0 Å². The Kier molecular flexibility index (Phi) is 2.37. The molecule has 1 aromatic carbocycles. The molecule has 17 heavy (non-hydrogen) atoms. The van der Waals surface area contributed by atoms with Crippen LogP contribution in [0.1, 0.15) is 22.9 Å². The highest BCUT2D eigenvalue weighted by Crippen LogP contribution is 2.33. The molecule has 1 aromatic heterocycles. The van der Waals surface area contributed by atoms with Crippen molar-refractivity contribution < 1.29 is 5.11 Å². The van der Waals surface area contributed by atoms with Crippen molar-refractivity contribution in [3.8, 4) is 0 Å². The Morgan fingerprint density at radius 3 is 3.06 bits per heavy atom. The van der Waals surface area contributed by atoms with E-state index >= 15 is 0 Å². The number of aliphatic hydroxyl groups is 1. The van der Waals surface area contributed by atoms with E-state index in [2.05, 4.69) is 16.5 Å².